The van der Waals surface area contributed by atoms with Crippen molar-refractivity contribution in [3.8, 4) is 28.5 Å². The van der Waals surface area contributed by atoms with Gasteiger partial charge in [-0.25, -0.2) is 9.78 Å². The van der Waals surface area contributed by atoms with Crippen LogP contribution >= 0.6 is 0 Å². The monoisotopic (exact) mass is 427 g/mol. The van der Waals surface area contributed by atoms with Crippen LogP contribution in [0.25, 0.3) is 22.7 Å². The van der Waals surface area contributed by atoms with E-state index in [1.165, 1.54) is 5.56 Å². The molecule has 0 atom stereocenters. The van der Waals surface area contributed by atoms with Crippen molar-refractivity contribution >= 4 is 17.4 Å². The third-order valence-corrected chi connectivity index (χ3v) is 4.97. The van der Waals surface area contributed by atoms with Gasteiger partial charge in [0.2, 0.25) is 5.89 Å². The summed E-state index contributed by atoms with van der Waals surface area (Å²) in [4.78, 5) is 16.9. The topological polar surface area (TPSA) is 76.4 Å². The predicted octanol–water partition coefficient (Wildman–Crippen LogP) is 6.67. The van der Waals surface area contributed by atoms with Crippen LogP contribution in [0.5, 0.6) is 5.75 Å². The maximum absolute atomic E-state index is 12.3. The standard InChI is InChI=1S/C26H25N3O3/c1-4-31-22-12-10-21(11-13-22)28-26(30)27-20-8-6-19(7-9-20)25-29-24(16-32-25)23-14-5-17(2)15-18(23)3/h5-16H,4H2,1-3H3,(H2,27,28,30). The van der Waals surface area contributed by atoms with E-state index in [4.69, 9.17) is 9.15 Å². The van der Waals surface area contributed by atoms with Gasteiger partial charge in [0, 0.05) is 22.5 Å². The number of urea groups is 1. The second kappa shape index (κ2) is 9.39. The molecule has 0 saturated heterocycles. The fourth-order valence-electron chi connectivity index (χ4n) is 3.42. The van der Waals surface area contributed by atoms with Crippen LogP contribution in [0.1, 0.15) is 18.1 Å². The Morgan fingerprint density at radius 2 is 1.59 bits per heavy atom. The van der Waals surface area contributed by atoms with Crippen molar-refractivity contribution in [3.05, 3.63) is 84.1 Å². The van der Waals surface area contributed by atoms with Crippen molar-refractivity contribution in [1.82, 2.24) is 4.98 Å². The summed E-state index contributed by atoms with van der Waals surface area (Å²) < 4.78 is 11.1. The summed E-state index contributed by atoms with van der Waals surface area (Å²) in [6, 6.07) is 20.5. The molecule has 0 spiro atoms. The molecule has 6 heteroatoms. The van der Waals surface area contributed by atoms with Crippen molar-refractivity contribution in [2.45, 2.75) is 20.8 Å². The molecule has 2 amide bonds. The van der Waals surface area contributed by atoms with Crippen molar-refractivity contribution < 1.29 is 13.9 Å². The average Bonchev–Trinajstić information content (AvgIpc) is 3.26. The first-order valence-corrected chi connectivity index (χ1v) is 10.5. The van der Waals surface area contributed by atoms with Crippen LogP contribution in [0, 0.1) is 13.8 Å². The Morgan fingerprint density at radius 3 is 2.22 bits per heavy atom. The first kappa shape index (κ1) is 21.2. The van der Waals surface area contributed by atoms with Crippen LogP contribution in [0.2, 0.25) is 0 Å². The summed E-state index contributed by atoms with van der Waals surface area (Å²) in [7, 11) is 0. The van der Waals surface area contributed by atoms with Gasteiger partial charge in [-0.1, -0.05) is 23.8 Å². The van der Waals surface area contributed by atoms with Gasteiger partial charge in [0.05, 0.1) is 6.61 Å². The highest BCUT2D eigenvalue weighted by molar-refractivity contribution is 5.99. The minimum Gasteiger partial charge on any atom is -0.494 e. The Bertz CT molecular complexity index is 1210. The Balaban J connectivity index is 1.40. The number of carbonyl (C=O) groups excluding carboxylic acids is 1. The van der Waals surface area contributed by atoms with E-state index in [0.717, 1.165) is 28.1 Å². The number of aryl methyl sites for hydroxylation is 2. The first-order valence-electron chi connectivity index (χ1n) is 10.5. The molecule has 0 saturated carbocycles. The van der Waals surface area contributed by atoms with E-state index in [1.807, 2.05) is 43.3 Å². The number of nitrogens with zero attached hydrogens (tertiary/aromatic N) is 1. The summed E-state index contributed by atoms with van der Waals surface area (Å²) in [6.07, 6.45) is 1.67. The molecule has 4 rings (SSSR count). The molecule has 3 aromatic carbocycles. The fraction of sp³-hybridized carbons (Fsp3) is 0.154. The number of benzene rings is 3. The van der Waals surface area contributed by atoms with Crippen LogP contribution in [0.4, 0.5) is 16.2 Å². The zero-order chi connectivity index (χ0) is 22.5. The highest BCUT2D eigenvalue weighted by Gasteiger charge is 2.11. The second-order valence-corrected chi connectivity index (χ2v) is 7.47. The number of anilines is 2. The molecule has 1 heterocycles. The number of oxazole rings is 1. The van der Waals surface area contributed by atoms with Crippen LogP contribution in [0.15, 0.2) is 77.4 Å². The molecule has 6 nitrogen and oxygen atoms in total. The van der Waals surface area contributed by atoms with Gasteiger partial charge in [-0.2, -0.15) is 0 Å². The van der Waals surface area contributed by atoms with E-state index in [-0.39, 0.29) is 6.03 Å². The fourth-order valence-corrected chi connectivity index (χ4v) is 3.42. The molecule has 2 N–H and O–H groups in total. The Labute approximate surface area is 187 Å². The van der Waals surface area contributed by atoms with Gasteiger partial charge in [0.1, 0.15) is 17.7 Å². The number of amides is 2. The zero-order valence-corrected chi connectivity index (χ0v) is 18.3. The lowest BCUT2D eigenvalue weighted by Gasteiger charge is -2.09. The van der Waals surface area contributed by atoms with Gasteiger partial charge < -0.3 is 19.8 Å². The number of aromatic nitrogens is 1. The van der Waals surface area contributed by atoms with E-state index in [2.05, 4.69) is 47.7 Å². The molecular weight excluding hydrogens is 402 g/mol. The van der Waals surface area contributed by atoms with Crippen LogP contribution < -0.4 is 15.4 Å². The number of hydrogen-bond acceptors (Lipinski definition) is 4. The van der Waals surface area contributed by atoms with E-state index in [9.17, 15) is 4.79 Å². The molecular formula is C26H25N3O3. The lowest BCUT2D eigenvalue weighted by atomic mass is 10.0. The maximum Gasteiger partial charge on any atom is 0.323 e. The average molecular weight is 428 g/mol. The number of hydrogen-bond donors (Lipinski definition) is 2. The zero-order valence-electron chi connectivity index (χ0n) is 18.3. The van der Waals surface area contributed by atoms with E-state index < -0.39 is 0 Å². The molecule has 0 bridgehead atoms. The third kappa shape index (κ3) is 4.98. The predicted molar refractivity (Wildman–Crippen MR) is 127 cm³/mol. The maximum atomic E-state index is 12.3. The molecule has 32 heavy (non-hydrogen) atoms. The smallest absolute Gasteiger partial charge is 0.323 e. The molecule has 0 aliphatic carbocycles. The van der Waals surface area contributed by atoms with Crippen molar-refractivity contribution in [2.75, 3.05) is 17.2 Å². The highest BCUT2D eigenvalue weighted by Crippen LogP contribution is 2.28. The summed E-state index contributed by atoms with van der Waals surface area (Å²) in [5.74, 6) is 1.30. The highest BCUT2D eigenvalue weighted by atomic mass is 16.5. The molecule has 0 aliphatic rings. The third-order valence-electron chi connectivity index (χ3n) is 4.97. The number of ether oxygens (including phenoxy) is 1. The van der Waals surface area contributed by atoms with Gasteiger partial charge in [-0.05, 0) is 74.9 Å². The van der Waals surface area contributed by atoms with Crippen molar-refractivity contribution in [2.24, 2.45) is 0 Å². The normalized spacial score (nSPS) is 10.6. The molecule has 162 valence electrons. The molecule has 0 aliphatic heterocycles. The largest absolute Gasteiger partial charge is 0.494 e. The minimum absolute atomic E-state index is 0.324. The number of rotatable bonds is 6. The van der Waals surface area contributed by atoms with Crippen molar-refractivity contribution in [3.63, 3.8) is 0 Å². The second-order valence-electron chi connectivity index (χ2n) is 7.47. The SMILES string of the molecule is CCOc1ccc(NC(=O)Nc2ccc(-c3nc(-c4ccc(C)cc4C)co3)cc2)cc1. The van der Waals surface area contributed by atoms with Gasteiger partial charge in [0.25, 0.3) is 0 Å². The molecule has 0 radical (unpaired) electrons. The van der Waals surface area contributed by atoms with Gasteiger partial charge >= 0.3 is 6.03 Å². The summed E-state index contributed by atoms with van der Waals surface area (Å²) >= 11 is 0. The Morgan fingerprint density at radius 1 is 0.938 bits per heavy atom. The van der Waals surface area contributed by atoms with E-state index in [0.29, 0.717) is 23.9 Å². The summed E-state index contributed by atoms with van der Waals surface area (Å²) in [5.41, 5.74) is 6.40. The Kier molecular flexibility index (Phi) is 6.22. The number of nitrogens with one attached hydrogen (secondary N) is 2. The number of carbonyl (C=O) groups is 1. The van der Waals surface area contributed by atoms with Crippen molar-refractivity contribution in [1.29, 1.82) is 0 Å². The molecule has 0 unspecified atom stereocenters. The minimum atomic E-state index is -0.324. The van der Waals surface area contributed by atoms with Crippen LogP contribution in [-0.4, -0.2) is 17.6 Å². The van der Waals surface area contributed by atoms with Gasteiger partial charge in [-0.15, -0.1) is 0 Å². The summed E-state index contributed by atoms with van der Waals surface area (Å²) in [5, 5.41) is 5.62. The quantitative estimate of drug-likeness (QED) is 0.360. The molecule has 0 fully saturated rings. The lowest BCUT2D eigenvalue weighted by Crippen LogP contribution is -2.19. The molecule has 1 aromatic heterocycles. The molecule has 4 aromatic rings. The first-order chi connectivity index (χ1) is 15.5. The van der Waals surface area contributed by atoms with Crippen LogP contribution in [0.3, 0.4) is 0 Å². The van der Waals surface area contributed by atoms with Crippen LogP contribution in [-0.2, 0) is 0 Å². The lowest BCUT2D eigenvalue weighted by molar-refractivity contribution is 0.262. The Hall–Kier alpha value is -4.06. The van der Waals surface area contributed by atoms with Gasteiger partial charge in [0.15, 0.2) is 0 Å². The summed E-state index contributed by atoms with van der Waals surface area (Å²) in [6.45, 7) is 6.66. The van der Waals surface area contributed by atoms with Gasteiger partial charge in [-0.3, -0.25) is 0 Å². The van der Waals surface area contributed by atoms with E-state index >= 15 is 0 Å². The van der Waals surface area contributed by atoms with E-state index in [1.54, 1.807) is 18.4 Å².